The third-order valence-corrected chi connectivity index (χ3v) is 5.31. The van der Waals surface area contributed by atoms with Crippen molar-refractivity contribution in [2.75, 3.05) is 26.2 Å². The van der Waals surface area contributed by atoms with E-state index in [0.29, 0.717) is 17.9 Å². The van der Waals surface area contributed by atoms with Crippen molar-refractivity contribution in [3.63, 3.8) is 0 Å². The van der Waals surface area contributed by atoms with E-state index in [1.54, 1.807) is 42.5 Å². The topological polar surface area (TPSA) is 78.0 Å². The van der Waals surface area contributed by atoms with Gasteiger partial charge in [0.25, 0.3) is 5.91 Å². The minimum Gasteiger partial charge on any atom is -0.872 e. The van der Waals surface area contributed by atoms with Crippen LogP contribution in [0.3, 0.4) is 0 Å². The summed E-state index contributed by atoms with van der Waals surface area (Å²) in [6.45, 7) is 7.57. The van der Waals surface area contributed by atoms with E-state index in [9.17, 15) is 14.7 Å². The minimum absolute atomic E-state index is 0.0265. The van der Waals surface area contributed by atoms with Gasteiger partial charge in [-0.1, -0.05) is 36.1 Å². The van der Waals surface area contributed by atoms with Gasteiger partial charge in [0.1, 0.15) is 11.8 Å². The number of benzene rings is 1. The fourth-order valence-corrected chi connectivity index (χ4v) is 3.69. The standard InChI is InChI=1S/C22H26N2O4/c1-3-23(4-2)13-9-14-24-19(17-12-8-15-28-17)18(21(26)22(24)27)20(25)16-10-6-5-7-11-16/h5-8,10-12,15,19,25H,3-4,9,13-14H2,1-2H3. The van der Waals surface area contributed by atoms with Crippen LogP contribution in [0.5, 0.6) is 0 Å². The number of furan rings is 1. The maximum atomic E-state index is 13.0. The molecule has 1 aromatic heterocycles. The summed E-state index contributed by atoms with van der Waals surface area (Å²) in [6.07, 6.45) is 2.24. The van der Waals surface area contributed by atoms with E-state index in [1.807, 2.05) is 0 Å². The first-order valence-electron chi connectivity index (χ1n) is 9.77. The lowest BCUT2D eigenvalue weighted by atomic mass is 9.99. The van der Waals surface area contributed by atoms with Crippen LogP contribution in [0.2, 0.25) is 0 Å². The molecule has 2 aromatic rings. The SMILES string of the molecule is CC[NH+](CC)CCCN1C(=O)C(=O)C(=C([O-])c2ccccc2)C1c1ccco1. The van der Waals surface area contributed by atoms with Crippen LogP contribution in [0.15, 0.2) is 58.7 Å². The van der Waals surface area contributed by atoms with Gasteiger partial charge in [-0.2, -0.15) is 0 Å². The molecule has 1 aliphatic heterocycles. The van der Waals surface area contributed by atoms with Crippen LogP contribution < -0.4 is 10.0 Å². The van der Waals surface area contributed by atoms with Gasteiger partial charge < -0.3 is 19.3 Å². The summed E-state index contributed by atoms with van der Waals surface area (Å²) in [4.78, 5) is 28.4. The Balaban J connectivity index is 1.94. The van der Waals surface area contributed by atoms with Gasteiger partial charge >= 0.3 is 0 Å². The molecule has 1 amide bonds. The van der Waals surface area contributed by atoms with Crippen LogP contribution in [-0.2, 0) is 9.59 Å². The Morgan fingerprint density at radius 3 is 2.43 bits per heavy atom. The molecule has 0 saturated carbocycles. The summed E-state index contributed by atoms with van der Waals surface area (Å²) in [7, 11) is 0. The first-order valence-corrected chi connectivity index (χ1v) is 9.77. The summed E-state index contributed by atoms with van der Waals surface area (Å²) < 4.78 is 5.51. The second-order valence-corrected chi connectivity index (χ2v) is 6.92. The second-order valence-electron chi connectivity index (χ2n) is 6.92. The third kappa shape index (κ3) is 3.87. The first kappa shape index (κ1) is 19.9. The molecular formula is C22H26N2O4. The fraction of sp³-hybridized carbons (Fsp3) is 0.364. The molecule has 1 N–H and O–H groups in total. The summed E-state index contributed by atoms with van der Waals surface area (Å²) in [5.41, 5.74) is 0.367. The molecule has 1 aliphatic rings. The Labute approximate surface area is 165 Å². The second kappa shape index (κ2) is 8.89. The van der Waals surface area contributed by atoms with Gasteiger partial charge in [-0.3, -0.25) is 9.59 Å². The molecular weight excluding hydrogens is 356 g/mol. The highest BCUT2D eigenvalue weighted by Gasteiger charge is 2.45. The zero-order valence-electron chi connectivity index (χ0n) is 16.3. The zero-order chi connectivity index (χ0) is 20.1. The van der Waals surface area contributed by atoms with Crippen molar-refractivity contribution in [2.45, 2.75) is 26.3 Å². The maximum Gasteiger partial charge on any atom is 0.295 e. The molecule has 6 nitrogen and oxygen atoms in total. The largest absolute Gasteiger partial charge is 0.872 e. The molecule has 1 atom stereocenters. The number of ketones is 1. The summed E-state index contributed by atoms with van der Waals surface area (Å²) in [5.74, 6) is -1.34. The average molecular weight is 382 g/mol. The molecule has 0 spiro atoms. The molecule has 0 aliphatic carbocycles. The lowest BCUT2D eigenvalue weighted by Gasteiger charge is -2.26. The monoisotopic (exact) mass is 382 g/mol. The van der Waals surface area contributed by atoms with E-state index in [2.05, 4.69) is 13.8 Å². The number of likely N-dealkylation sites (tertiary alicyclic amines) is 1. The summed E-state index contributed by atoms with van der Waals surface area (Å²) >= 11 is 0. The van der Waals surface area contributed by atoms with Crippen molar-refractivity contribution in [3.05, 3.63) is 65.6 Å². The zero-order valence-corrected chi connectivity index (χ0v) is 16.3. The van der Waals surface area contributed by atoms with E-state index in [1.165, 1.54) is 16.1 Å². The van der Waals surface area contributed by atoms with E-state index >= 15 is 0 Å². The molecule has 6 heteroatoms. The Morgan fingerprint density at radius 2 is 1.82 bits per heavy atom. The normalized spacial score (nSPS) is 19.0. The molecule has 1 saturated heterocycles. The van der Waals surface area contributed by atoms with Gasteiger partial charge in [-0.15, -0.1) is 0 Å². The predicted molar refractivity (Wildman–Crippen MR) is 103 cm³/mol. The lowest BCUT2D eigenvalue weighted by Crippen LogP contribution is -3.11. The number of nitrogens with zero attached hydrogens (tertiary/aromatic N) is 1. The van der Waals surface area contributed by atoms with Crippen LogP contribution in [0.1, 0.15) is 37.6 Å². The van der Waals surface area contributed by atoms with Gasteiger partial charge in [-0.05, 0) is 31.5 Å². The highest BCUT2D eigenvalue weighted by molar-refractivity contribution is 6.46. The molecule has 1 unspecified atom stereocenters. The van der Waals surface area contributed by atoms with Crippen LogP contribution in [-0.4, -0.2) is 42.8 Å². The number of quaternary nitrogens is 1. The Kier molecular flexibility index (Phi) is 6.31. The first-order chi connectivity index (χ1) is 13.6. The molecule has 148 valence electrons. The Bertz CT molecular complexity index is 839. The number of nitrogens with one attached hydrogen (secondary N) is 1. The third-order valence-electron chi connectivity index (χ3n) is 5.31. The molecule has 3 rings (SSSR count). The van der Waals surface area contributed by atoms with Gasteiger partial charge in [0, 0.05) is 18.5 Å². The van der Waals surface area contributed by atoms with Crippen LogP contribution in [0.4, 0.5) is 0 Å². The smallest absolute Gasteiger partial charge is 0.295 e. The highest BCUT2D eigenvalue weighted by atomic mass is 16.3. The van der Waals surface area contributed by atoms with Crippen LogP contribution in [0, 0.1) is 0 Å². The van der Waals surface area contributed by atoms with Crippen molar-refractivity contribution in [2.24, 2.45) is 0 Å². The molecule has 0 radical (unpaired) electrons. The molecule has 2 heterocycles. The van der Waals surface area contributed by atoms with Crippen molar-refractivity contribution >= 4 is 17.4 Å². The number of hydrogen-bond donors (Lipinski definition) is 1. The Morgan fingerprint density at radius 1 is 1.11 bits per heavy atom. The molecule has 1 fully saturated rings. The van der Waals surface area contributed by atoms with Crippen LogP contribution >= 0.6 is 0 Å². The number of rotatable bonds is 8. The molecule has 0 bridgehead atoms. The van der Waals surface area contributed by atoms with Gasteiger partial charge in [-0.25, -0.2) is 0 Å². The number of Topliss-reactive ketones (excluding diaryl/α,β-unsaturated/α-hetero) is 1. The van der Waals surface area contributed by atoms with E-state index in [0.717, 1.165) is 26.1 Å². The fourth-order valence-electron chi connectivity index (χ4n) is 3.69. The lowest BCUT2D eigenvalue weighted by molar-refractivity contribution is -0.896. The van der Waals surface area contributed by atoms with E-state index in [4.69, 9.17) is 4.42 Å². The van der Waals surface area contributed by atoms with Crippen molar-refractivity contribution < 1.29 is 24.0 Å². The maximum absolute atomic E-state index is 13.0. The molecule has 1 aromatic carbocycles. The van der Waals surface area contributed by atoms with Gasteiger partial charge in [0.15, 0.2) is 0 Å². The number of hydrogen-bond acceptors (Lipinski definition) is 4. The highest BCUT2D eigenvalue weighted by Crippen LogP contribution is 2.38. The quantitative estimate of drug-likeness (QED) is 0.417. The van der Waals surface area contributed by atoms with Gasteiger partial charge in [0.2, 0.25) is 5.78 Å². The number of amides is 1. The van der Waals surface area contributed by atoms with Crippen molar-refractivity contribution in [1.29, 1.82) is 0 Å². The minimum atomic E-state index is -0.769. The number of carbonyl (C=O) groups excluding carboxylic acids is 2. The van der Waals surface area contributed by atoms with Crippen molar-refractivity contribution in [3.8, 4) is 0 Å². The summed E-state index contributed by atoms with van der Waals surface area (Å²) in [6, 6.07) is 11.2. The summed E-state index contributed by atoms with van der Waals surface area (Å²) in [5, 5.41) is 13.0. The van der Waals surface area contributed by atoms with E-state index in [-0.39, 0.29) is 5.57 Å². The Hall–Kier alpha value is -2.86. The number of carbonyl (C=O) groups is 2. The van der Waals surface area contributed by atoms with Crippen LogP contribution in [0.25, 0.3) is 5.76 Å². The average Bonchev–Trinajstić information content (AvgIpc) is 3.33. The van der Waals surface area contributed by atoms with Crippen molar-refractivity contribution in [1.82, 2.24) is 4.90 Å². The predicted octanol–water partition coefficient (Wildman–Crippen LogP) is 0.818. The molecule has 28 heavy (non-hydrogen) atoms. The van der Waals surface area contributed by atoms with Gasteiger partial charge in [0.05, 0.1) is 25.9 Å². The van der Waals surface area contributed by atoms with E-state index < -0.39 is 23.5 Å².